The predicted octanol–water partition coefficient (Wildman–Crippen LogP) is 2.38. The van der Waals surface area contributed by atoms with E-state index in [-0.39, 0.29) is 18.6 Å². The monoisotopic (exact) mass is 298 g/mol. The number of carbonyl (C=O) groups is 1. The van der Waals surface area contributed by atoms with Crippen LogP contribution in [0.3, 0.4) is 0 Å². The standard InChI is InChI=1S/C15H23ClN2O2/c1-10(2)8-18-14(19)9-20-15-12(7-11(3)17)5-4-6-13(15)16/h4-6,10-11H,7-9,17H2,1-3H3,(H,18,19). The molecule has 0 radical (unpaired) electrons. The Bertz CT molecular complexity index is 447. The highest BCUT2D eigenvalue weighted by atomic mass is 35.5. The van der Waals surface area contributed by atoms with Crippen molar-refractivity contribution in [2.45, 2.75) is 33.2 Å². The first-order valence-electron chi connectivity index (χ1n) is 6.82. The zero-order chi connectivity index (χ0) is 15.1. The zero-order valence-electron chi connectivity index (χ0n) is 12.3. The second-order valence-electron chi connectivity index (χ2n) is 5.40. The lowest BCUT2D eigenvalue weighted by Gasteiger charge is -2.15. The molecule has 1 atom stereocenters. The summed E-state index contributed by atoms with van der Waals surface area (Å²) in [5, 5.41) is 3.30. The summed E-state index contributed by atoms with van der Waals surface area (Å²) in [5.41, 5.74) is 6.72. The summed E-state index contributed by atoms with van der Waals surface area (Å²) in [6.07, 6.45) is 0.656. The van der Waals surface area contributed by atoms with Gasteiger partial charge in [0.05, 0.1) is 5.02 Å². The van der Waals surface area contributed by atoms with Crippen molar-refractivity contribution in [2.24, 2.45) is 11.7 Å². The molecule has 5 heteroatoms. The van der Waals surface area contributed by atoms with Crippen LogP contribution in [0.15, 0.2) is 18.2 Å². The summed E-state index contributed by atoms with van der Waals surface area (Å²) in [6, 6.07) is 5.52. The van der Waals surface area contributed by atoms with Crippen LogP contribution in [0.4, 0.5) is 0 Å². The minimum atomic E-state index is -0.148. The number of nitrogens with two attached hydrogens (primary N) is 1. The first-order valence-corrected chi connectivity index (χ1v) is 7.20. The number of rotatable bonds is 7. The number of ether oxygens (including phenoxy) is 1. The molecule has 1 aromatic carbocycles. The molecule has 112 valence electrons. The molecule has 0 fully saturated rings. The molecule has 0 saturated heterocycles. The second kappa shape index (κ2) is 8.12. The minimum absolute atomic E-state index is 0.00517. The lowest BCUT2D eigenvalue weighted by atomic mass is 10.1. The van der Waals surface area contributed by atoms with E-state index in [0.29, 0.717) is 29.7 Å². The Morgan fingerprint density at radius 1 is 1.40 bits per heavy atom. The Kier molecular flexibility index (Phi) is 6.82. The topological polar surface area (TPSA) is 64.3 Å². The molecule has 4 nitrogen and oxygen atoms in total. The molecule has 1 rings (SSSR count). The van der Waals surface area contributed by atoms with E-state index in [2.05, 4.69) is 5.32 Å². The van der Waals surface area contributed by atoms with Gasteiger partial charge in [0.1, 0.15) is 5.75 Å². The average molecular weight is 299 g/mol. The maximum absolute atomic E-state index is 11.7. The van der Waals surface area contributed by atoms with Crippen molar-refractivity contribution in [3.8, 4) is 5.75 Å². The molecule has 0 aliphatic carbocycles. The van der Waals surface area contributed by atoms with Crippen molar-refractivity contribution in [3.63, 3.8) is 0 Å². The van der Waals surface area contributed by atoms with Crippen molar-refractivity contribution in [1.29, 1.82) is 0 Å². The number of carbonyl (C=O) groups excluding carboxylic acids is 1. The Labute approximate surface area is 125 Å². The van der Waals surface area contributed by atoms with Crippen LogP contribution in [0.1, 0.15) is 26.3 Å². The van der Waals surface area contributed by atoms with Gasteiger partial charge in [0.25, 0.3) is 5.91 Å². The van der Waals surface area contributed by atoms with Gasteiger partial charge in [-0.25, -0.2) is 0 Å². The highest BCUT2D eigenvalue weighted by molar-refractivity contribution is 6.32. The van der Waals surface area contributed by atoms with Crippen LogP contribution >= 0.6 is 11.6 Å². The number of halogens is 1. The van der Waals surface area contributed by atoms with E-state index >= 15 is 0 Å². The van der Waals surface area contributed by atoms with Crippen molar-refractivity contribution < 1.29 is 9.53 Å². The first-order chi connectivity index (χ1) is 9.40. The van der Waals surface area contributed by atoms with Gasteiger partial charge in [0.15, 0.2) is 6.61 Å². The lowest BCUT2D eigenvalue weighted by molar-refractivity contribution is -0.123. The molecule has 0 aliphatic heterocycles. The van der Waals surface area contributed by atoms with E-state index in [1.807, 2.05) is 32.9 Å². The van der Waals surface area contributed by atoms with Crippen molar-refractivity contribution >= 4 is 17.5 Å². The highest BCUT2D eigenvalue weighted by Crippen LogP contribution is 2.29. The number of hydrogen-bond acceptors (Lipinski definition) is 3. The average Bonchev–Trinajstić information content (AvgIpc) is 2.35. The van der Waals surface area contributed by atoms with E-state index in [0.717, 1.165) is 5.56 Å². The molecule has 0 bridgehead atoms. The Balaban J connectivity index is 2.64. The van der Waals surface area contributed by atoms with Gasteiger partial charge in [-0.15, -0.1) is 0 Å². The summed E-state index contributed by atoms with van der Waals surface area (Å²) in [7, 11) is 0. The molecule has 1 unspecified atom stereocenters. The number of amides is 1. The summed E-state index contributed by atoms with van der Waals surface area (Å²) in [5.74, 6) is 0.810. The van der Waals surface area contributed by atoms with Crippen molar-refractivity contribution in [3.05, 3.63) is 28.8 Å². The van der Waals surface area contributed by atoms with Crippen LogP contribution in [-0.4, -0.2) is 25.1 Å². The molecule has 3 N–H and O–H groups in total. The predicted molar refractivity (Wildman–Crippen MR) is 82.1 cm³/mol. The van der Waals surface area contributed by atoms with Crippen LogP contribution in [-0.2, 0) is 11.2 Å². The summed E-state index contributed by atoms with van der Waals surface area (Å²) in [6.45, 7) is 6.59. The second-order valence-corrected chi connectivity index (χ2v) is 5.80. The van der Waals surface area contributed by atoms with Crippen molar-refractivity contribution in [2.75, 3.05) is 13.2 Å². The van der Waals surface area contributed by atoms with E-state index in [9.17, 15) is 4.79 Å². The minimum Gasteiger partial charge on any atom is -0.482 e. The number of nitrogens with one attached hydrogen (secondary N) is 1. The van der Waals surface area contributed by atoms with Gasteiger partial charge >= 0.3 is 0 Å². The van der Waals surface area contributed by atoms with Crippen molar-refractivity contribution in [1.82, 2.24) is 5.32 Å². The van der Waals surface area contributed by atoms with Gasteiger partial charge in [-0.1, -0.05) is 37.6 Å². The molecule has 1 amide bonds. The molecular weight excluding hydrogens is 276 g/mol. The van der Waals surface area contributed by atoms with E-state index < -0.39 is 0 Å². The molecule has 0 saturated carbocycles. The molecule has 0 aromatic heterocycles. The molecule has 20 heavy (non-hydrogen) atoms. The Morgan fingerprint density at radius 3 is 2.70 bits per heavy atom. The van der Waals surface area contributed by atoms with Gasteiger partial charge in [0.2, 0.25) is 0 Å². The molecular formula is C15H23ClN2O2. The van der Waals surface area contributed by atoms with Gasteiger partial charge in [0, 0.05) is 12.6 Å². The summed E-state index contributed by atoms with van der Waals surface area (Å²) in [4.78, 5) is 11.7. The fraction of sp³-hybridized carbons (Fsp3) is 0.533. The summed E-state index contributed by atoms with van der Waals surface area (Å²) >= 11 is 6.13. The number of benzene rings is 1. The first kappa shape index (κ1) is 16.8. The van der Waals surface area contributed by atoms with E-state index in [4.69, 9.17) is 22.1 Å². The van der Waals surface area contributed by atoms with E-state index in [1.165, 1.54) is 0 Å². The Hall–Kier alpha value is -1.26. The molecule has 0 aliphatic rings. The molecule has 1 aromatic rings. The third kappa shape index (κ3) is 5.80. The van der Waals surface area contributed by atoms with Crippen LogP contribution in [0, 0.1) is 5.92 Å². The van der Waals surface area contributed by atoms with Gasteiger partial charge in [-0.2, -0.15) is 0 Å². The number of para-hydroxylation sites is 1. The normalized spacial score (nSPS) is 12.3. The van der Waals surface area contributed by atoms with Gasteiger partial charge in [-0.05, 0) is 30.9 Å². The fourth-order valence-corrected chi connectivity index (χ4v) is 1.98. The van der Waals surface area contributed by atoms with Crippen LogP contribution < -0.4 is 15.8 Å². The summed E-state index contributed by atoms with van der Waals surface area (Å²) < 4.78 is 5.56. The van der Waals surface area contributed by atoms with Crippen LogP contribution in [0.25, 0.3) is 0 Å². The highest BCUT2D eigenvalue weighted by Gasteiger charge is 2.12. The zero-order valence-corrected chi connectivity index (χ0v) is 13.0. The molecule has 0 heterocycles. The van der Waals surface area contributed by atoms with Gasteiger partial charge in [-0.3, -0.25) is 4.79 Å². The van der Waals surface area contributed by atoms with E-state index in [1.54, 1.807) is 6.07 Å². The van der Waals surface area contributed by atoms with Crippen LogP contribution in [0.2, 0.25) is 5.02 Å². The third-order valence-electron chi connectivity index (χ3n) is 2.65. The largest absolute Gasteiger partial charge is 0.482 e. The van der Waals surface area contributed by atoms with Crippen LogP contribution in [0.5, 0.6) is 5.75 Å². The maximum Gasteiger partial charge on any atom is 0.257 e. The number of hydrogen-bond donors (Lipinski definition) is 2. The quantitative estimate of drug-likeness (QED) is 0.812. The fourth-order valence-electron chi connectivity index (χ4n) is 1.73. The molecule has 0 spiro atoms. The SMILES string of the molecule is CC(C)CNC(=O)COc1c(Cl)cccc1CC(C)N. The lowest BCUT2D eigenvalue weighted by Crippen LogP contribution is -2.32. The third-order valence-corrected chi connectivity index (χ3v) is 2.94. The maximum atomic E-state index is 11.7. The Morgan fingerprint density at radius 2 is 2.10 bits per heavy atom. The smallest absolute Gasteiger partial charge is 0.257 e. The van der Waals surface area contributed by atoms with Gasteiger partial charge < -0.3 is 15.8 Å².